The van der Waals surface area contributed by atoms with E-state index in [-0.39, 0.29) is 6.42 Å². The van der Waals surface area contributed by atoms with Crippen LogP contribution in [0.3, 0.4) is 0 Å². The molecule has 0 fully saturated rings. The van der Waals surface area contributed by atoms with Crippen LogP contribution in [0.1, 0.15) is 11.3 Å². The number of primary amides is 1. The topological polar surface area (TPSA) is 60.9 Å². The number of benzene rings is 2. The third-order valence-corrected chi connectivity index (χ3v) is 4.61. The Kier molecular flexibility index (Phi) is 5.04. The zero-order valence-corrected chi connectivity index (χ0v) is 15.5. The van der Waals surface area contributed by atoms with Crippen LogP contribution in [0.15, 0.2) is 42.5 Å². The Balaban J connectivity index is 2.25. The molecule has 0 bridgehead atoms. The van der Waals surface area contributed by atoms with E-state index in [9.17, 15) is 4.79 Å². The molecule has 4 nitrogen and oxygen atoms in total. The van der Waals surface area contributed by atoms with E-state index in [0.717, 1.165) is 16.8 Å². The molecule has 0 aliphatic heterocycles. The highest BCUT2D eigenvalue weighted by Gasteiger charge is 2.20. The number of carbonyl (C=O) groups excluding carboxylic acids is 1. The third kappa shape index (κ3) is 3.66. The average molecular weight is 395 g/mol. The van der Waals surface area contributed by atoms with Crippen LogP contribution in [0.4, 0.5) is 0 Å². The van der Waals surface area contributed by atoms with Gasteiger partial charge in [-0.15, -0.1) is 0 Å². The van der Waals surface area contributed by atoms with Crippen molar-refractivity contribution in [2.24, 2.45) is 5.73 Å². The highest BCUT2D eigenvalue weighted by molar-refractivity contribution is 6.35. The molecule has 1 heterocycles. The van der Waals surface area contributed by atoms with Crippen LogP contribution in [0, 0.1) is 6.92 Å². The maximum absolute atomic E-state index is 11.4. The third-order valence-electron chi connectivity index (χ3n) is 3.82. The fourth-order valence-electron chi connectivity index (χ4n) is 2.65. The molecule has 25 heavy (non-hydrogen) atoms. The van der Waals surface area contributed by atoms with Gasteiger partial charge in [0.2, 0.25) is 5.91 Å². The Hall–Kier alpha value is -2.01. The predicted molar refractivity (Wildman–Crippen MR) is 102 cm³/mol. The second kappa shape index (κ2) is 7.08. The molecule has 0 unspecified atom stereocenters. The molecule has 2 N–H and O–H groups in total. The molecule has 0 radical (unpaired) electrons. The smallest absolute Gasteiger partial charge is 0.223 e. The van der Waals surface area contributed by atoms with Crippen molar-refractivity contribution in [3.63, 3.8) is 0 Å². The molecule has 0 saturated carbocycles. The summed E-state index contributed by atoms with van der Waals surface area (Å²) >= 11 is 18.3. The lowest BCUT2D eigenvalue weighted by Gasteiger charge is -2.11. The minimum atomic E-state index is -0.447. The molecule has 128 valence electrons. The molecular weight excluding hydrogens is 381 g/mol. The van der Waals surface area contributed by atoms with Crippen LogP contribution >= 0.6 is 34.8 Å². The van der Waals surface area contributed by atoms with E-state index in [0.29, 0.717) is 26.4 Å². The number of amides is 1. The lowest BCUT2D eigenvalue weighted by Crippen LogP contribution is -2.14. The van der Waals surface area contributed by atoms with Gasteiger partial charge in [0.1, 0.15) is 0 Å². The average Bonchev–Trinajstić information content (AvgIpc) is 2.84. The van der Waals surface area contributed by atoms with Crippen molar-refractivity contribution >= 4 is 40.7 Å². The summed E-state index contributed by atoms with van der Waals surface area (Å²) in [5.74, 6) is -0.447. The summed E-state index contributed by atoms with van der Waals surface area (Å²) in [5.41, 5.74) is 9.18. The molecule has 0 aliphatic carbocycles. The zero-order valence-electron chi connectivity index (χ0n) is 13.3. The van der Waals surface area contributed by atoms with Gasteiger partial charge in [0, 0.05) is 15.6 Å². The standard InChI is InChI=1S/C18H14Cl3N3O/c1-10-15(9-17(22)25)23-24(16-7-6-13(20)8-14(16)21)18(10)11-2-4-12(19)5-3-11/h2-8H,9H2,1H3,(H2,22,25). The quantitative estimate of drug-likeness (QED) is 0.688. The van der Waals surface area contributed by atoms with E-state index < -0.39 is 5.91 Å². The SMILES string of the molecule is Cc1c(CC(N)=O)nn(-c2ccc(Cl)cc2Cl)c1-c1ccc(Cl)cc1. The van der Waals surface area contributed by atoms with E-state index in [1.54, 1.807) is 35.0 Å². The predicted octanol–water partition coefficient (Wildman–Crippen LogP) is 4.84. The molecular formula is C18H14Cl3N3O. The number of halogens is 3. The molecule has 2 aromatic carbocycles. The van der Waals surface area contributed by atoms with Crippen LogP contribution < -0.4 is 5.73 Å². The fourth-order valence-corrected chi connectivity index (χ4v) is 3.26. The molecule has 3 rings (SSSR count). The molecule has 1 amide bonds. The van der Waals surface area contributed by atoms with Gasteiger partial charge in [-0.3, -0.25) is 4.79 Å². The second-order valence-electron chi connectivity index (χ2n) is 5.58. The van der Waals surface area contributed by atoms with Gasteiger partial charge in [-0.2, -0.15) is 5.10 Å². The highest BCUT2D eigenvalue weighted by Crippen LogP contribution is 2.33. The van der Waals surface area contributed by atoms with Crippen molar-refractivity contribution in [3.05, 3.63) is 68.8 Å². The number of hydrogen-bond acceptors (Lipinski definition) is 2. The van der Waals surface area contributed by atoms with Crippen molar-refractivity contribution in [2.75, 3.05) is 0 Å². The first-order chi connectivity index (χ1) is 11.9. The van der Waals surface area contributed by atoms with Gasteiger partial charge in [0.05, 0.1) is 28.5 Å². The number of hydrogen-bond donors (Lipinski definition) is 1. The highest BCUT2D eigenvalue weighted by atomic mass is 35.5. The second-order valence-corrected chi connectivity index (χ2v) is 6.86. The van der Waals surface area contributed by atoms with Crippen molar-refractivity contribution in [2.45, 2.75) is 13.3 Å². The fraction of sp³-hybridized carbons (Fsp3) is 0.111. The Bertz CT molecular complexity index is 949. The molecule has 0 spiro atoms. The molecule has 1 aromatic heterocycles. The Labute approximate surface area is 160 Å². The summed E-state index contributed by atoms with van der Waals surface area (Å²) in [5, 5.41) is 6.18. The monoisotopic (exact) mass is 393 g/mol. The molecule has 0 saturated heterocycles. The summed E-state index contributed by atoms with van der Waals surface area (Å²) in [6, 6.07) is 12.5. The maximum Gasteiger partial charge on any atom is 0.223 e. The molecule has 7 heteroatoms. The van der Waals surface area contributed by atoms with Gasteiger partial charge in [-0.1, -0.05) is 46.9 Å². The first-order valence-electron chi connectivity index (χ1n) is 7.45. The van der Waals surface area contributed by atoms with Crippen LogP contribution in [-0.4, -0.2) is 15.7 Å². The number of aromatic nitrogens is 2. The van der Waals surface area contributed by atoms with Gasteiger partial charge in [-0.05, 0) is 42.8 Å². The Morgan fingerprint density at radius 3 is 2.32 bits per heavy atom. The van der Waals surface area contributed by atoms with Gasteiger partial charge >= 0.3 is 0 Å². The Morgan fingerprint density at radius 2 is 1.72 bits per heavy atom. The zero-order chi connectivity index (χ0) is 18.1. The minimum absolute atomic E-state index is 0.0463. The molecule has 3 aromatic rings. The number of rotatable bonds is 4. The van der Waals surface area contributed by atoms with Crippen molar-refractivity contribution in [1.82, 2.24) is 9.78 Å². The van der Waals surface area contributed by atoms with E-state index >= 15 is 0 Å². The van der Waals surface area contributed by atoms with Crippen LogP contribution in [0.2, 0.25) is 15.1 Å². The van der Waals surface area contributed by atoms with Crippen molar-refractivity contribution in [3.8, 4) is 16.9 Å². The minimum Gasteiger partial charge on any atom is -0.369 e. The lowest BCUT2D eigenvalue weighted by atomic mass is 10.1. The Morgan fingerprint density at radius 1 is 1.08 bits per heavy atom. The number of nitrogens with two attached hydrogens (primary N) is 1. The van der Waals surface area contributed by atoms with Crippen LogP contribution in [0.5, 0.6) is 0 Å². The summed E-state index contributed by atoms with van der Waals surface area (Å²) < 4.78 is 1.70. The van der Waals surface area contributed by atoms with Crippen LogP contribution in [-0.2, 0) is 11.2 Å². The summed E-state index contributed by atoms with van der Waals surface area (Å²) in [6.45, 7) is 1.90. The van der Waals surface area contributed by atoms with Crippen molar-refractivity contribution < 1.29 is 4.79 Å². The summed E-state index contributed by atoms with van der Waals surface area (Å²) in [7, 11) is 0. The van der Waals surface area contributed by atoms with Gasteiger partial charge in [0.25, 0.3) is 0 Å². The molecule has 0 atom stereocenters. The maximum atomic E-state index is 11.4. The lowest BCUT2D eigenvalue weighted by molar-refractivity contribution is -0.117. The van der Waals surface area contributed by atoms with Crippen molar-refractivity contribution in [1.29, 1.82) is 0 Å². The largest absolute Gasteiger partial charge is 0.369 e. The van der Waals surface area contributed by atoms with Gasteiger partial charge in [0.15, 0.2) is 0 Å². The summed E-state index contributed by atoms with van der Waals surface area (Å²) in [4.78, 5) is 11.4. The van der Waals surface area contributed by atoms with Gasteiger partial charge in [-0.25, -0.2) is 4.68 Å². The van der Waals surface area contributed by atoms with E-state index in [4.69, 9.17) is 40.5 Å². The van der Waals surface area contributed by atoms with E-state index in [1.165, 1.54) is 0 Å². The van der Waals surface area contributed by atoms with E-state index in [2.05, 4.69) is 5.10 Å². The number of carbonyl (C=O) groups is 1. The molecule has 0 aliphatic rings. The first kappa shape index (κ1) is 17.8. The van der Waals surface area contributed by atoms with Gasteiger partial charge < -0.3 is 5.73 Å². The normalized spacial score (nSPS) is 10.9. The van der Waals surface area contributed by atoms with Crippen LogP contribution in [0.25, 0.3) is 16.9 Å². The first-order valence-corrected chi connectivity index (χ1v) is 8.58. The number of nitrogens with zero attached hydrogens (tertiary/aromatic N) is 2. The summed E-state index contributed by atoms with van der Waals surface area (Å²) in [6.07, 6.45) is 0.0463. The van der Waals surface area contributed by atoms with E-state index in [1.807, 2.05) is 19.1 Å².